The summed E-state index contributed by atoms with van der Waals surface area (Å²) < 4.78 is 0. The topological polar surface area (TPSA) is 131 Å². The number of nitrogens with zero attached hydrogens (tertiary/aromatic N) is 3. The molecule has 3 N–H and O–H groups in total. The minimum atomic E-state index is -1.54. The molecule has 1 rings (SSSR count). The maximum absolute atomic E-state index is 12.1. The molecule has 8 heteroatoms. The first-order valence-electron chi connectivity index (χ1n) is 7.08. The number of allylic oxidation sites excluding steroid dienone is 1. The van der Waals surface area contributed by atoms with Gasteiger partial charge >= 0.3 is 11.7 Å². The van der Waals surface area contributed by atoms with Crippen molar-refractivity contribution < 1.29 is 14.9 Å². The Labute approximate surface area is 128 Å². The maximum atomic E-state index is 12.1. The van der Waals surface area contributed by atoms with Crippen LogP contribution in [0.2, 0.25) is 0 Å². The molecule has 0 aliphatic carbocycles. The Balaban J connectivity index is 3.41. The van der Waals surface area contributed by atoms with Gasteiger partial charge in [0.25, 0.3) is 0 Å². The molecule has 1 aliphatic rings. The molecule has 0 saturated heterocycles. The van der Waals surface area contributed by atoms with Crippen LogP contribution < -0.4 is 5.73 Å². The third-order valence-corrected chi connectivity index (χ3v) is 3.53. The molecule has 0 aromatic rings. The number of unbranched alkanes of at least 4 members (excludes halogenated alkanes) is 2. The van der Waals surface area contributed by atoms with E-state index in [0.717, 1.165) is 12.8 Å². The van der Waals surface area contributed by atoms with E-state index >= 15 is 0 Å². The van der Waals surface area contributed by atoms with Crippen molar-refractivity contribution >= 4 is 17.6 Å². The van der Waals surface area contributed by atoms with Crippen LogP contribution in [0.1, 0.15) is 39.5 Å². The third kappa shape index (κ3) is 3.21. The van der Waals surface area contributed by atoms with Crippen molar-refractivity contribution in [3.63, 3.8) is 0 Å². The lowest BCUT2D eigenvalue weighted by molar-refractivity contribution is -0.348. The lowest BCUT2D eigenvalue weighted by atomic mass is 9.74. The fourth-order valence-electron chi connectivity index (χ4n) is 2.33. The molecule has 0 radical (unpaired) electrons. The van der Waals surface area contributed by atoms with E-state index in [1.807, 2.05) is 6.92 Å². The molecular formula is C14H20N4O4. The minimum absolute atomic E-state index is 0.326. The van der Waals surface area contributed by atoms with Gasteiger partial charge in [-0.15, -0.1) is 0 Å². The number of aliphatic imine (C=N–C) groups is 1. The van der Waals surface area contributed by atoms with Gasteiger partial charge in [-0.3, -0.25) is 4.79 Å². The van der Waals surface area contributed by atoms with Crippen LogP contribution in [0.3, 0.4) is 0 Å². The molecule has 0 aromatic heterocycles. The molecule has 0 saturated carbocycles. The SMILES string of the molecule is CCCC/C=C/C1(C(N)=O)C(CC)=CC([N+](=O)[O-])=N/C1=N\O. The molecule has 1 heterocycles. The van der Waals surface area contributed by atoms with Crippen molar-refractivity contribution in [2.24, 2.45) is 21.3 Å². The second-order valence-corrected chi connectivity index (χ2v) is 4.89. The summed E-state index contributed by atoms with van der Waals surface area (Å²) in [6.07, 6.45) is 7.44. The van der Waals surface area contributed by atoms with Crippen LogP contribution in [-0.4, -0.2) is 27.7 Å². The number of hydrogen-bond acceptors (Lipinski definition) is 5. The van der Waals surface area contributed by atoms with E-state index in [0.29, 0.717) is 18.4 Å². The van der Waals surface area contributed by atoms with E-state index in [1.54, 1.807) is 13.0 Å². The first kappa shape index (κ1) is 17.5. The summed E-state index contributed by atoms with van der Waals surface area (Å²) in [5.74, 6) is -1.64. The van der Waals surface area contributed by atoms with Gasteiger partial charge in [0.15, 0.2) is 5.41 Å². The number of carbonyl (C=O) groups excluding carboxylic acids is 1. The largest absolute Gasteiger partial charge is 0.408 e. The molecule has 8 nitrogen and oxygen atoms in total. The molecule has 22 heavy (non-hydrogen) atoms. The Morgan fingerprint density at radius 3 is 2.73 bits per heavy atom. The van der Waals surface area contributed by atoms with Gasteiger partial charge in [0.05, 0.1) is 0 Å². The lowest BCUT2D eigenvalue weighted by Crippen LogP contribution is -2.46. The van der Waals surface area contributed by atoms with Gasteiger partial charge in [0.1, 0.15) is 0 Å². The highest BCUT2D eigenvalue weighted by molar-refractivity contribution is 6.18. The first-order valence-corrected chi connectivity index (χ1v) is 7.08. The summed E-state index contributed by atoms with van der Waals surface area (Å²) in [7, 11) is 0. The monoisotopic (exact) mass is 308 g/mol. The van der Waals surface area contributed by atoms with Crippen LogP contribution in [0.25, 0.3) is 0 Å². The summed E-state index contributed by atoms with van der Waals surface area (Å²) in [5.41, 5.74) is 4.34. The van der Waals surface area contributed by atoms with E-state index in [1.165, 1.54) is 12.2 Å². The van der Waals surface area contributed by atoms with Gasteiger partial charge in [-0.2, -0.15) is 0 Å². The van der Waals surface area contributed by atoms with E-state index in [2.05, 4.69) is 10.1 Å². The average Bonchev–Trinajstić information content (AvgIpc) is 2.50. The summed E-state index contributed by atoms with van der Waals surface area (Å²) in [4.78, 5) is 25.9. The molecule has 1 aliphatic heterocycles. The number of nitro groups is 1. The predicted octanol–water partition coefficient (Wildman–Crippen LogP) is 2.02. The van der Waals surface area contributed by atoms with Gasteiger partial charge in [0.2, 0.25) is 5.91 Å². The molecule has 0 fully saturated rings. The van der Waals surface area contributed by atoms with E-state index in [9.17, 15) is 20.1 Å². The van der Waals surface area contributed by atoms with E-state index < -0.39 is 22.1 Å². The number of amides is 1. The van der Waals surface area contributed by atoms with Crippen molar-refractivity contribution in [2.45, 2.75) is 39.5 Å². The zero-order valence-corrected chi connectivity index (χ0v) is 12.7. The molecule has 1 amide bonds. The molecule has 1 unspecified atom stereocenters. The van der Waals surface area contributed by atoms with Crippen molar-refractivity contribution in [1.29, 1.82) is 0 Å². The summed E-state index contributed by atoms with van der Waals surface area (Å²) in [6, 6.07) is 0. The molecule has 0 aromatic carbocycles. The van der Waals surface area contributed by atoms with Crippen LogP contribution in [-0.2, 0) is 4.79 Å². The Bertz CT molecular complexity index is 577. The zero-order valence-electron chi connectivity index (χ0n) is 12.7. The minimum Gasteiger partial charge on any atom is -0.408 e. The standard InChI is InChI=1S/C14H20N4O4/c1-3-5-6-7-8-14(12(15)19)10(4-2)9-11(18(21)22)16-13(14)17-20/h7-9,20H,3-6H2,1-2H3,(H2,15,19)/b8-7+,17-13-. The highest BCUT2D eigenvalue weighted by Gasteiger charge is 2.50. The van der Waals surface area contributed by atoms with Gasteiger partial charge in [-0.05, 0) is 33.5 Å². The number of amidine groups is 2. The third-order valence-electron chi connectivity index (χ3n) is 3.53. The Kier molecular flexibility index (Phi) is 5.97. The van der Waals surface area contributed by atoms with Crippen molar-refractivity contribution in [2.75, 3.05) is 0 Å². The summed E-state index contributed by atoms with van der Waals surface area (Å²) in [6.45, 7) is 3.77. The van der Waals surface area contributed by atoms with Crippen LogP contribution in [0.15, 0.2) is 33.9 Å². The maximum Gasteiger partial charge on any atom is 0.365 e. The fraction of sp³-hybridized carbons (Fsp3) is 0.500. The molecule has 0 bridgehead atoms. The smallest absolute Gasteiger partial charge is 0.365 e. The van der Waals surface area contributed by atoms with Crippen LogP contribution in [0.4, 0.5) is 0 Å². The average molecular weight is 308 g/mol. The molecule has 120 valence electrons. The quantitative estimate of drug-likeness (QED) is 0.255. The number of hydrogen-bond donors (Lipinski definition) is 2. The van der Waals surface area contributed by atoms with E-state index in [-0.39, 0.29) is 5.84 Å². The van der Waals surface area contributed by atoms with Crippen LogP contribution in [0.5, 0.6) is 0 Å². The Morgan fingerprint density at radius 2 is 2.27 bits per heavy atom. The van der Waals surface area contributed by atoms with Gasteiger partial charge in [-0.25, -0.2) is 0 Å². The van der Waals surface area contributed by atoms with Crippen molar-refractivity contribution in [3.05, 3.63) is 33.9 Å². The van der Waals surface area contributed by atoms with E-state index in [4.69, 9.17) is 5.73 Å². The van der Waals surface area contributed by atoms with Crippen LogP contribution in [0, 0.1) is 15.5 Å². The highest BCUT2D eigenvalue weighted by atomic mass is 16.6. The highest BCUT2D eigenvalue weighted by Crippen LogP contribution is 2.37. The zero-order chi connectivity index (χ0) is 16.8. The van der Waals surface area contributed by atoms with Crippen molar-refractivity contribution in [1.82, 2.24) is 0 Å². The number of oxime groups is 1. The predicted molar refractivity (Wildman–Crippen MR) is 82.3 cm³/mol. The molecular weight excluding hydrogens is 288 g/mol. The van der Waals surface area contributed by atoms with Gasteiger partial charge < -0.3 is 21.1 Å². The number of nitrogens with two attached hydrogens (primary N) is 1. The fourth-order valence-corrected chi connectivity index (χ4v) is 2.33. The number of rotatable bonds is 6. The van der Waals surface area contributed by atoms with Crippen molar-refractivity contribution in [3.8, 4) is 0 Å². The first-order chi connectivity index (χ1) is 10.4. The second-order valence-electron chi connectivity index (χ2n) is 4.89. The normalized spacial score (nSPS) is 23.5. The second kappa shape index (κ2) is 7.48. The summed E-state index contributed by atoms with van der Waals surface area (Å²) >= 11 is 0. The van der Waals surface area contributed by atoms with Gasteiger partial charge in [0, 0.05) is 6.08 Å². The Hall–Kier alpha value is -2.51. The summed E-state index contributed by atoms with van der Waals surface area (Å²) in [5, 5.41) is 23.1. The molecule has 0 spiro atoms. The molecule has 1 atom stereocenters. The Morgan fingerprint density at radius 1 is 1.59 bits per heavy atom. The number of primary amides is 1. The van der Waals surface area contributed by atoms with Crippen LogP contribution >= 0.6 is 0 Å². The number of carbonyl (C=O) groups is 1. The van der Waals surface area contributed by atoms with Gasteiger partial charge in [-0.1, -0.05) is 38.8 Å². The number of dihydropyridines is 1. The lowest BCUT2D eigenvalue weighted by Gasteiger charge is -2.27.